The largest absolute Gasteiger partial charge is 0.495 e. The number of benzene rings is 1. The fourth-order valence-corrected chi connectivity index (χ4v) is 3.66. The van der Waals surface area contributed by atoms with Crippen LogP contribution in [0.15, 0.2) is 58.9 Å². The number of fused-ring (bicyclic) bond motifs is 1. The van der Waals surface area contributed by atoms with Gasteiger partial charge in [-0.15, -0.1) is 24.0 Å². The third kappa shape index (κ3) is 9.03. The molecule has 0 aliphatic rings. The number of anilines is 2. The van der Waals surface area contributed by atoms with Gasteiger partial charge < -0.3 is 24.4 Å². The molecular weight excluding hydrogens is 611 g/mol. The number of nitrogens with one attached hydrogen (secondary N) is 1. The molecule has 3 rings (SSSR count). The Bertz CT molecular complexity index is 1300. The number of aryl methyl sites for hydroxylation is 1. The summed E-state index contributed by atoms with van der Waals surface area (Å²) < 4.78 is 7.48. The molecule has 0 aliphatic heterocycles. The summed E-state index contributed by atoms with van der Waals surface area (Å²) in [7, 11) is 9.21. The van der Waals surface area contributed by atoms with Gasteiger partial charge in [0, 0.05) is 68.9 Å². The number of aliphatic imine (C=N–C) groups is 2. The molecule has 0 bridgehead atoms. The molecular formula is C27H39IN8O3. The lowest BCUT2D eigenvalue weighted by molar-refractivity contribution is -0.384. The third-order valence-corrected chi connectivity index (χ3v) is 5.65. The first-order valence-corrected chi connectivity index (χ1v) is 12.3. The number of halogens is 1. The average molecular weight is 651 g/mol. The van der Waals surface area contributed by atoms with Crippen molar-refractivity contribution in [2.75, 3.05) is 58.2 Å². The van der Waals surface area contributed by atoms with E-state index in [9.17, 15) is 10.1 Å². The Kier molecular flexibility index (Phi) is 14.1. The summed E-state index contributed by atoms with van der Waals surface area (Å²) >= 11 is 0. The van der Waals surface area contributed by atoms with Crippen molar-refractivity contribution in [3.8, 4) is 5.75 Å². The maximum Gasteiger partial charge on any atom is 0.294 e. The molecule has 0 atom stereocenters. The van der Waals surface area contributed by atoms with E-state index in [1.807, 2.05) is 74.7 Å². The van der Waals surface area contributed by atoms with Crippen LogP contribution in [0.3, 0.4) is 0 Å². The Morgan fingerprint density at radius 2 is 1.97 bits per heavy atom. The normalized spacial score (nSPS) is 11.1. The fourth-order valence-electron chi connectivity index (χ4n) is 3.66. The molecule has 0 spiro atoms. The van der Waals surface area contributed by atoms with Crippen molar-refractivity contribution < 1.29 is 9.66 Å². The number of hydrogen-bond acceptors (Lipinski definition) is 9. The van der Waals surface area contributed by atoms with Crippen LogP contribution in [0.4, 0.5) is 17.1 Å². The molecule has 1 N–H and O–H groups in total. The number of nitro groups is 1. The van der Waals surface area contributed by atoms with Gasteiger partial charge in [0.2, 0.25) is 0 Å². The van der Waals surface area contributed by atoms with Crippen molar-refractivity contribution >= 4 is 64.5 Å². The fraction of sp³-hybridized carbons (Fsp3) is 0.370. The van der Waals surface area contributed by atoms with Crippen molar-refractivity contribution in [3.05, 3.63) is 64.6 Å². The minimum Gasteiger partial charge on any atom is -0.495 e. The van der Waals surface area contributed by atoms with Crippen LogP contribution >= 0.6 is 24.0 Å². The molecule has 39 heavy (non-hydrogen) atoms. The minimum absolute atomic E-state index is 0. The van der Waals surface area contributed by atoms with Crippen LogP contribution in [0.25, 0.3) is 11.0 Å². The molecule has 12 heteroatoms. The highest BCUT2D eigenvalue weighted by molar-refractivity contribution is 14.0. The number of rotatable bonds is 12. The zero-order chi connectivity index (χ0) is 28.2. The zero-order valence-electron chi connectivity index (χ0n) is 23.7. The van der Waals surface area contributed by atoms with Gasteiger partial charge in [0.05, 0.1) is 23.4 Å². The maximum atomic E-state index is 11.8. The standard InChI is InChI=1S/C25H32N8O3.C2H6.HI/c1-26-9-7-20(19-13-18-8-10-32(5)25(18)27-16-19)28-17-29-21-14-23(33(34)35)22(15-24(21)36-6)31(4)12-11-30(2)3;1-2;/h7-10,13-16,29H,1,11-12,17H2,2-6H3;1-2H3;1H/b9-7-,28-20+;;. The van der Waals surface area contributed by atoms with E-state index in [2.05, 4.69) is 27.0 Å². The van der Waals surface area contributed by atoms with Crippen molar-refractivity contribution in [1.29, 1.82) is 0 Å². The summed E-state index contributed by atoms with van der Waals surface area (Å²) in [5.41, 5.74) is 3.26. The third-order valence-electron chi connectivity index (χ3n) is 5.65. The van der Waals surface area contributed by atoms with E-state index < -0.39 is 0 Å². The number of nitrogens with zero attached hydrogens (tertiary/aromatic N) is 7. The minimum atomic E-state index is -0.389. The number of aromatic nitrogens is 2. The van der Waals surface area contributed by atoms with E-state index >= 15 is 0 Å². The Hall–Kier alpha value is -3.52. The van der Waals surface area contributed by atoms with Gasteiger partial charge in [-0.2, -0.15) is 0 Å². The molecule has 2 aromatic heterocycles. The number of allylic oxidation sites excluding steroid dienone is 1. The van der Waals surface area contributed by atoms with Crippen LogP contribution in [-0.2, 0) is 7.05 Å². The van der Waals surface area contributed by atoms with Crippen LogP contribution in [0.5, 0.6) is 5.75 Å². The van der Waals surface area contributed by atoms with E-state index in [4.69, 9.17) is 4.74 Å². The summed E-state index contributed by atoms with van der Waals surface area (Å²) in [6, 6.07) is 7.14. The van der Waals surface area contributed by atoms with Crippen LogP contribution in [0.2, 0.25) is 0 Å². The monoisotopic (exact) mass is 650 g/mol. The van der Waals surface area contributed by atoms with Gasteiger partial charge in [-0.05, 0) is 39.0 Å². The second-order valence-corrected chi connectivity index (χ2v) is 8.46. The van der Waals surface area contributed by atoms with Crippen LogP contribution in [-0.4, -0.2) is 79.8 Å². The number of pyridine rings is 1. The van der Waals surface area contributed by atoms with Gasteiger partial charge in [0.15, 0.2) is 0 Å². The molecule has 0 radical (unpaired) electrons. The molecule has 0 aliphatic carbocycles. The molecule has 0 saturated carbocycles. The Morgan fingerprint density at radius 3 is 2.59 bits per heavy atom. The highest BCUT2D eigenvalue weighted by Gasteiger charge is 2.21. The summed E-state index contributed by atoms with van der Waals surface area (Å²) in [5, 5.41) is 16.0. The second-order valence-electron chi connectivity index (χ2n) is 8.46. The molecule has 0 fully saturated rings. The van der Waals surface area contributed by atoms with Crippen molar-refractivity contribution in [2.24, 2.45) is 17.0 Å². The smallest absolute Gasteiger partial charge is 0.294 e. The first kappa shape index (κ1) is 33.5. The first-order valence-electron chi connectivity index (χ1n) is 12.3. The highest BCUT2D eigenvalue weighted by Crippen LogP contribution is 2.37. The summed E-state index contributed by atoms with van der Waals surface area (Å²) in [4.78, 5) is 28.3. The lowest BCUT2D eigenvalue weighted by Crippen LogP contribution is -2.29. The topological polar surface area (TPSA) is 113 Å². The van der Waals surface area contributed by atoms with Crippen molar-refractivity contribution in [1.82, 2.24) is 14.5 Å². The molecule has 2 heterocycles. The maximum absolute atomic E-state index is 11.8. The SMILES string of the molecule is C=N/C=C\C(=N/CNc1cc([N+](=O)[O-])c(N(C)CCN(C)C)cc1OC)c1cnc2c(ccn2C)c1.CC.I. The van der Waals surface area contributed by atoms with E-state index in [0.29, 0.717) is 29.4 Å². The molecule has 1 aromatic carbocycles. The van der Waals surface area contributed by atoms with E-state index in [0.717, 1.165) is 23.1 Å². The van der Waals surface area contributed by atoms with Gasteiger partial charge >= 0.3 is 0 Å². The first-order chi connectivity index (χ1) is 18.2. The summed E-state index contributed by atoms with van der Waals surface area (Å²) in [6.45, 7) is 9.01. The number of likely N-dealkylation sites (N-methyl/N-ethyl adjacent to an activating group) is 2. The Labute approximate surface area is 247 Å². The number of nitro benzene ring substituents is 1. The number of methoxy groups -OCH3 is 1. The Balaban J connectivity index is 0.00000248. The number of ether oxygens (including phenoxy) is 1. The molecule has 0 unspecified atom stereocenters. The second kappa shape index (κ2) is 16.4. The van der Waals surface area contributed by atoms with Gasteiger partial charge in [-0.1, -0.05) is 13.8 Å². The van der Waals surface area contributed by atoms with Crippen LogP contribution in [0.1, 0.15) is 19.4 Å². The van der Waals surface area contributed by atoms with Crippen LogP contribution in [0, 0.1) is 10.1 Å². The van der Waals surface area contributed by atoms with Gasteiger partial charge in [-0.25, -0.2) is 4.98 Å². The zero-order valence-corrected chi connectivity index (χ0v) is 26.0. The predicted molar refractivity (Wildman–Crippen MR) is 173 cm³/mol. The lowest BCUT2D eigenvalue weighted by Gasteiger charge is -2.22. The van der Waals surface area contributed by atoms with Crippen molar-refractivity contribution in [3.63, 3.8) is 0 Å². The van der Waals surface area contributed by atoms with Gasteiger partial charge in [0.1, 0.15) is 23.8 Å². The number of hydrogen-bond donors (Lipinski definition) is 1. The van der Waals surface area contributed by atoms with Gasteiger partial charge in [0.25, 0.3) is 5.69 Å². The molecule has 0 amide bonds. The summed E-state index contributed by atoms with van der Waals surface area (Å²) in [6.07, 6.45) is 6.99. The van der Waals surface area contributed by atoms with E-state index in [1.54, 1.807) is 24.5 Å². The van der Waals surface area contributed by atoms with E-state index in [-0.39, 0.29) is 41.3 Å². The predicted octanol–water partition coefficient (Wildman–Crippen LogP) is 5.21. The van der Waals surface area contributed by atoms with Gasteiger partial charge in [-0.3, -0.25) is 20.1 Å². The van der Waals surface area contributed by atoms with E-state index in [1.165, 1.54) is 13.2 Å². The van der Waals surface area contributed by atoms with Crippen molar-refractivity contribution in [2.45, 2.75) is 13.8 Å². The molecule has 11 nitrogen and oxygen atoms in total. The lowest BCUT2D eigenvalue weighted by atomic mass is 10.1. The summed E-state index contributed by atoms with van der Waals surface area (Å²) in [5.74, 6) is 0.486. The van der Waals surface area contributed by atoms with Crippen LogP contribution < -0.4 is 15.0 Å². The molecule has 3 aromatic rings. The highest BCUT2D eigenvalue weighted by atomic mass is 127. The average Bonchev–Trinajstić information content (AvgIpc) is 3.29. The quantitative estimate of drug-likeness (QED) is 0.124. The Morgan fingerprint density at radius 1 is 1.26 bits per heavy atom. The molecule has 0 saturated heterocycles. The molecule has 212 valence electrons.